The highest BCUT2D eigenvalue weighted by Gasteiger charge is 2.20. The van der Waals surface area contributed by atoms with Crippen LogP contribution in [0.5, 0.6) is 0 Å². The number of rotatable bonds is 7. The Hall–Kier alpha value is -1.59. The summed E-state index contributed by atoms with van der Waals surface area (Å²) in [4.78, 5) is 23.9. The molecule has 1 aromatic carbocycles. The highest BCUT2D eigenvalue weighted by molar-refractivity contribution is 5.98. The highest BCUT2D eigenvalue weighted by atomic mass is 35.5. The van der Waals surface area contributed by atoms with Crippen LogP contribution in [0.1, 0.15) is 45.6 Å². The first kappa shape index (κ1) is 21.4. The molecule has 1 aromatic rings. The normalized spacial score (nSPS) is 12.7. The van der Waals surface area contributed by atoms with Gasteiger partial charge < -0.3 is 16.4 Å². The zero-order valence-corrected chi connectivity index (χ0v) is 15.1. The van der Waals surface area contributed by atoms with Gasteiger partial charge in [0.05, 0.1) is 6.04 Å². The number of carbonyl (C=O) groups excluding carboxylic acids is 2. The topological polar surface area (TPSA) is 84.2 Å². The van der Waals surface area contributed by atoms with Gasteiger partial charge in [-0.2, -0.15) is 0 Å². The number of carbonyl (C=O) groups is 2. The first-order valence-electron chi connectivity index (χ1n) is 7.86. The van der Waals surface area contributed by atoms with E-state index in [2.05, 4.69) is 10.6 Å². The van der Waals surface area contributed by atoms with Crippen molar-refractivity contribution in [3.63, 3.8) is 0 Å². The molecule has 0 bridgehead atoms. The molecular weight excluding hydrogens is 314 g/mol. The van der Waals surface area contributed by atoms with E-state index < -0.39 is 6.04 Å². The van der Waals surface area contributed by atoms with Gasteiger partial charge >= 0.3 is 0 Å². The van der Waals surface area contributed by atoms with Gasteiger partial charge in [-0.1, -0.05) is 33.3 Å². The first-order chi connectivity index (χ1) is 10.4. The Morgan fingerprint density at radius 2 is 1.74 bits per heavy atom. The van der Waals surface area contributed by atoms with Crippen molar-refractivity contribution in [3.8, 4) is 0 Å². The molecule has 5 nitrogen and oxygen atoms in total. The maximum Gasteiger partial charge on any atom is 0.241 e. The number of hydrogen-bond acceptors (Lipinski definition) is 3. The Morgan fingerprint density at radius 1 is 1.17 bits per heavy atom. The van der Waals surface area contributed by atoms with Crippen LogP contribution in [0.25, 0.3) is 0 Å². The third-order valence-electron chi connectivity index (χ3n) is 3.90. The minimum absolute atomic E-state index is 0. The van der Waals surface area contributed by atoms with Gasteiger partial charge in [-0.15, -0.1) is 12.4 Å². The van der Waals surface area contributed by atoms with Crippen LogP contribution >= 0.6 is 12.4 Å². The number of benzene rings is 1. The maximum absolute atomic E-state index is 12.2. The standard InChI is InChI=1S/C17H27N3O2.ClH/c1-5-8-15(21)19-13-9-7-10-14(12(13)4)20-17(22)16(18)11(3)6-2;/h7,9-11,16H,5-6,8,18H2,1-4H3,(H,19,21)(H,20,22);1H. The largest absolute Gasteiger partial charge is 0.326 e. The Labute approximate surface area is 144 Å². The molecule has 0 spiro atoms. The molecule has 1 rings (SSSR count). The second kappa shape index (κ2) is 10.2. The summed E-state index contributed by atoms with van der Waals surface area (Å²) in [5, 5.41) is 5.72. The van der Waals surface area contributed by atoms with Crippen LogP contribution in [-0.4, -0.2) is 17.9 Å². The van der Waals surface area contributed by atoms with E-state index in [1.807, 2.05) is 39.8 Å². The van der Waals surface area contributed by atoms with Gasteiger partial charge in [-0.3, -0.25) is 9.59 Å². The second-order valence-corrected chi connectivity index (χ2v) is 5.68. The second-order valence-electron chi connectivity index (χ2n) is 5.68. The molecule has 0 radical (unpaired) electrons. The van der Waals surface area contributed by atoms with Gasteiger partial charge in [0.15, 0.2) is 0 Å². The van der Waals surface area contributed by atoms with Gasteiger partial charge in [0.2, 0.25) is 11.8 Å². The average molecular weight is 342 g/mol. The predicted octanol–water partition coefficient (Wildman–Crippen LogP) is 3.47. The van der Waals surface area contributed by atoms with Crippen molar-refractivity contribution >= 4 is 35.6 Å². The third-order valence-corrected chi connectivity index (χ3v) is 3.90. The van der Waals surface area contributed by atoms with E-state index in [1.165, 1.54) is 0 Å². The molecule has 0 heterocycles. The molecular formula is C17H28ClN3O2. The number of halogens is 1. The van der Waals surface area contributed by atoms with Gasteiger partial charge in [0, 0.05) is 17.8 Å². The summed E-state index contributed by atoms with van der Waals surface area (Å²) >= 11 is 0. The SMILES string of the molecule is CCCC(=O)Nc1cccc(NC(=O)C(N)C(C)CC)c1C.Cl. The monoisotopic (exact) mass is 341 g/mol. The van der Waals surface area contributed by atoms with Gasteiger partial charge in [-0.25, -0.2) is 0 Å². The van der Waals surface area contributed by atoms with Crippen molar-refractivity contribution in [2.75, 3.05) is 10.6 Å². The molecule has 23 heavy (non-hydrogen) atoms. The lowest BCUT2D eigenvalue weighted by Crippen LogP contribution is -2.40. The summed E-state index contributed by atoms with van der Waals surface area (Å²) in [6.07, 6.45) is 2.13. The molecule has 0 aliphatic heterocycles. The van der Waals surface area contributed by atoms with E-state index in [1.54, 1.807) is 6.07 Å². The van der Waals surface area contributed by atoms with E-state index >= 15 is 0 Å². The van der Waals surface area contributed by atoms with Crippen LogP contribution in [0.3, 0.4) is 0 Å². The lowest BCUT2D eigenvalue weighted by Gasteiger charge is -2.19. The molecule has 0 fully saturated rings. The number of nitrogens with one attached hydrogen (secondary N) is 2. The molecule has 0 saturated carbocycles. The van der Waals surface area contributed by atoms with Crippen molar-refractivity contribution in [2.24, 2.45) is 11.7 Å². The molecule has 2 atom stereocenters. The lowest BCUT2D eigenvalue weighted by molar-refractivity contribution is -0.118. The van der Waals surface area contributed by atoms with Crippen LogP contribution in [0.4, 0.5) is 11.4 Å². The van der Waals surface area contributed by atoms with Crippen LogP contribution in [0.15, 0.2) is 18.2 Å². The summed E-state index contributed by atoms with van der Waals surface area (Å²) in [5.41, 5.74) is 8.17. The molecule has 2 amide bonds. The van der Waals surface area contributed by atoms with Crippen LogP contribution in [0.2, 0.25) is 0 Å². The quantitative estimate of drug-likeness (QED) is 0.710. The molecule has 0 aliphatic carbocycles. The Bertz CT molecular complexity index is 535. The maximum atomic E-state index is 12.2. The van der Waals surface area contributed by atoms with E-state index in [9.17, 15) is 9.59 Å². The summed E-state index contributed by atoms with van der Waals surface area (Å²) in [6, 6.07) is 4.90. The molecule has 4 N–H and O–H groups in total. The predicted molar refractivity (Wildman–Crippen MR) is 98.0 cm³/mol. The van der Waals surface area contributed by atoms with Crippen molar-refractivity contribution in [1.82, 2.24) is 0 Å². The molecule has 130 valence electrons. The number of nitrogens with two attached hydrogens (primary N) is 1. The van der Waals surface area contributed by atoms with E-state index in [0.717, 1.165) is 18.4 Å². The van der Waals surface area contributed by atoms with Gasteiger partial charge in [0.1, 0.15) is 0 Å². The first-order valence-corrected chi connectivity index (χ1v) is 7.86. The minimum atomic E-state index is -0.539. The Balaban J connectivity index is 0.00000484. The molecule has 2 unspecified atom stereocenters. The lowest BCUT2D eigenvalue weighted by atomic mass is 9.99. The van der Waals surface area contributed by atoms with Crippen LogP contribution in [0, 0.1) is 12.8 Å². The van der Waals surface area contributed by atoms with Gasteiger partial charge in [-0.05, 0) is 37.0 Å². The zero-order chi connectivity index (χ0) is 16.7. The van der Waals surface area contributed by atoms with Crippen molar-refractivity contribution < 1.29 is 9.59 Å². The van der Waals surface area contributed by atoms with Crippen molar-refractivity contribution in [3.05, 3.63) is 23.8 Å². The fraction of sp³-hybridized carbons (Fsp3) is 0.529. The molecule has 0 saturated heterocycles. The highest BCUT2D eigenvalue weighted by Crippen LogP contribution is 2.24. The summed E-state index contributed by atoms with van der Waals surface area (Å²) in [7, 11) is 0. The van der Waals surface area contributed by atoms with Gasteiger partial charge in [0.25, 0.3) is 0 Å². The third kappa shape index (κ3) is 6.20. The number of hydrogen-bond donors (Lipinski definition) is 3. The van der Waals surface area contributed by atoms with Crippen molar-refractivity contribution in [2.45, 2.75) is 53.0 Å². The van der Waals surface area contributed by atoms with Crippen LogP contribution in [-0.2, 0) is 9.59 Å². The minimum Gasteiger partial charge on any atom is -0.326 e. The van der Waals surface area contributed by atoms with E-state index in [-0.39, 0.29) is 30.1 Å². The molecule has 6 heteroatoms. The van der Waals surface area contributed by atoms with E-state index in [0.29, 0.717) is 17.8 Å². The fourth-order valence-electron chi connectivity index (χ4n) is 2.07. The van der Waals surface area contributed by atoms with Crippen LogP contribution < -0.4 is 16.4 Å². The Kier molecular flexibility index (Phi) is 9.53. The number of amides is 2. The smallest absolute Gasteiger partial charge is 0.241 e. The number of anilines is 2. The fourth-order valence-corrected chi connectivity index (χ4v) is 2.07. The summed E-state index contributed by atoms with van der Waals surface area (Å²) in [5.74, 6) is -0.104. The molecule has 0 aromatic heterocycles. The van der Waals surface area contributed by atoms with Crippen molar-refractivity contribution in [1.29, 1.82) is 0 Å². The average Bonchev–Trinajstić information content (AvgIpc) is 2.49. The summed E-state index contributed by atoms with van der Waals surface area (Å²) < 4.78 is 0. The zero-order valence-electron chi connectivity index (χ0n) is 14.3. The summed E-state index contributed by atoms with van der Waals surface area (Å²) in [6.45, 7) is 7.79. The van der Waals surface area contributed by atoms with E-state index in [4.69, 9.17) is 5.73 Å². The molecule has 0 aliphatic rings. The Morgan fingerprint density at radius 3 is 2.26 bits per heavy atom.